The SMILES string of the molecule is CC(C)(C)c1ccc(C(=O)Nc2nnc(-c3cc(Cl)cc(Cl)c3)o2)cc1. The number of carbonyl (C=O) groups excluding carboxylic acids is 1. The summed E-state index contributed by atoms with van der Waals surface area (Å²) < 4.78 is 5.48. The van der Waals surface area contributed by atoms with Crippen molar-refractivity contribution >= 4 is 35.1 Å². The van der Waals surface area contributed by atoms with Gasteiger partial charge in [0.1, 0.15) is 0 Å². The molecule has 0 spiro atoms. The summed E-state index contributed by atoms with van der Waals surface area (Å²) in [6.07, 6.45) is 0. The van der Waals surface area contributed by atoms with Crippen LogP contribution in [0.3, 0.4) is 0 Å². The first-order chi connectivity index (χ1) is 12.2. The highest BCUT2D eigenvalue weighted by Gasteiger charge is 2.16. The van der Waals surface area contributed by atoms with Crippen LogP contribution in [0.4, 0.5) is 6.01 Å². The molecule has 134 valence electrons. The minimum Gasteiger partial charge on any atom is -0.403 e. The van der Waals surface area contributed by atoms with Crippen LogP contribution >= 0.6 is 23.2 Å². The lowest BCUT2D eigenvalue weighted by atomic mass is 9.87. The number of amides is 1. The van der Waals surface area contributed by atoms with Gasteiger partial charge in [-0.1, -0.05) is 61.2 Å². The molecule has 0 bridgehead atoms. The van der Waals surface area contributed by atoms with Gasteiger partial charge in [0.15, 0.2) is 0 Å². The molecule has 5 nitrogen and oxygen atoms in total. The second-order valence-corrected chi connectivity index (χ2v) is 7.72. The lowest BCUT2D eigenvalue weighted by Crippen LogP contribution is -2.14. The highest BCUT2D eigenvalue weighted by atomic mass is 35.5. The zero-order valence-electron chi connectivity index (χ0n) is 14.5. The highest BCUT2D eigenvalue weighted by molar-refractivity contribution is 6.35. The van der Waals surface area contributed by atoms with Gasteiger partial charge in [0, 0.05) is 21.2 Å². The number of aromatic nitrogens is 2. The molecule has 3 rings (SSSR count). The first kappa shape index (κ1) is 18.4. The van der Waals surface area contributed by atoms with Crippen molar-refractivity contribution in [2.75, 3.05) is 5.32 Å². The van der Waals surface area contributed by atoms with Gasteiger partial charge in [-0.3, -0.25) is 10.1 Å². The standard InChI is InChI=1S/C19H17Cl2N3O2/c1-19(2,3)13-6-4-11(5-7-13)16(25)22-18-24-23-17(26-18)12-8-14(20)10-15(21)9-12/h4-10H,1-3H3,(H,22,24,25). The van der Waals surface area contributed by atoms with Crippen molar-refractivity contribution in [3.8, 4) is 11.5 Å². The maximum atomic E-state index is 12.3. The number of hydrogen-bond acceptors (Lipinski definition) is 4. The number of nitrogens with one attached hydrogen (secondary N) is 1. The van der Waals surface area contributed by atoms with Crippen molar-refractivity contribution in [1.82, 2.24) is 10.2 Å². The Balaban J connectivity index is 1.75. The fourth-order valence-corrected chi connectivity index (χ4v) is 2.88. The van der Waals surface area contributed by atoms with Crippen LogP contribution in [0.2, 0.25) is 10.0 Å². The highest BCUT2D eigenvalue weighted by Crippen LogP contribution is 2.27. The van der Waals surface area contributed by atoms with Crippen LogP contribution in [0.15, 0.2) is 46.9 Å². The van der Waals surface area contributed by atoms with Crippen LogP contribution in [0.5, 0.6) is 0 Å². The summed E-state index contributed by atoms with van der Waals surface area (Å²) in [6, 6.07) is 12.3. The molecular formula is C19H17Cl2N3O2. The molecule has 1 N–H and O–H groups in total. The average molecular weight is 390 g/mol. The lowest BCUT2D eigenvalue weighted by molar-refractivity contribution is 0.102. The molecule has 0 saturated carbocycles. The molecule has 1 aromatic heterocycles. The van der Waals surface area contributed by atoms with Crippen LogP contribution in [-0.4, -0.2) is 16.1 Å². The van der Waals surface area contributed by atoms with E-state index in [1.807, 2.05) is 12.1 Å². The normalized spacial score (nSPS) is 11.4. The van der Waals surface area contributed by atoms with Crippen molar-refractivity contribution in [3.05, 3.63) is 63.6 Å². The van der Waals surface area contributed by atoms with E-state index in [0.717, 1.165) is 5.56 Å². The van der Waals surface area contributed by atoms with Crippen molar-refractivity contribution in [2.45, 2.75) is 26.2 Å². The Morgan fingerprint density at radius 1 is 1.00 bits per heavy atom. The van der Waals surface area contributed by atoms with Gasteiger partial charge in [-0.05, 0) is 41.3 Å². The molecule has 0 aliphatic heterocycles. The van der Waals surface area contributed by atoms with E-state index >= 15 is 0 Å². The molecule has 26 heavy (non-hydrogen) atoms. The molecule has 3 aromatic rings. The molecule has 1 heterocycles. The van der Waals surface area contributed by atoms with Crippen molar-refractivity contribution < 1.29 is 9.21 Å². The molecule has 0 radical (unpaired) electrons. The van der Waals surface area contributed by atoms with Crippen molar-refractivity contribution in [1.29, 1.82) is 0 Å². The van der Waals surface area contributed by atoms with E-state index in [2.05, 4.69) is 36.3 Å². The predicted octanol–water partition coefficient (Wildman–Crippen LogP) is 5.59. The monoisotopic (exact) mass is 389 g/mol. The minimum absolute atomic E-state index is 0.000922. The van der Waals surface area contributed by atoms with Gasteiger partial charge in [0.05, 0.1) is 0 Å². The number of anilines is 1. The number of carbonyl (C=O) groups is 1. The molecule has 0 aliphatic rings. The van der Waals surface area contributed by atoms with Crippen molar-refractivity contribution in [2.24, 2.45) is 0 Å². The maximum absolute atomic E-state index is 12.3. The van der Waals surface area contributed by atoms with Gasteiger partial charge >= 0.3 is 6.01 Å². The van der Waals surface area contributed by atoms with Gasteiger partial charge in [-0.15, -0.1) is 5.10 Å². The molecule has 0 atom stereocenters. The molecule has 2 aromatic carbocycles. The van der Waals surface area contributed by atoms with Crippen LogP contribution in [0.25, 0.3) is 11.5 Å². The van der Waals surface area contributed by atoms with E-state index in [-0.39, 0.29) is 23.2 Å². The first-order valence-electron chi connectivity index (χ1n) is 7.94. The van der Waals surface area contributed by atoms with Gasteiger partial charge in [-0.25, -0.2) is 0 Å². The van der Waals surface area contributed by atoms with E-state index < -0.39 is 0 Å². The second kappa shape index (κ2) is 7.09. The van der Waals surface area contributed by atoms with E-state index in [9.17, 15) is 4.79 Å². The van der Waals surface area contributed by atoms with E-state index in [0.29, 0.717) is 21.2 Å². The quantitative estimate of drug-likeness (QED) is 0.633. The van der Waals surface area contributed by atoms with Crippen LogP contribution < -0.4 is 5.32 Å². The number of nitrogens with zero attached hydrogens (tertiary/aromatic N) is 2. The number of hydrogen-bond donors (Lipinski definition) is 1. The number of benzene rings is 2. The van der Waals surface area contributed by atoms with Crippen molar-refractivity contribution in [3.63, 3.8) is 0 Å². The minimum atomic E-state index is -0.329. The maximum Gasteiger partial charge on any atom is 0.322 e. The summed E-state index contributed by atoms with van der Waals surface area (Å²) in [6.45, 7) is 6.35. The van der Waals surface area contributed by atoms with Gasteiger partial charge in [0.2, 0.25) is 5.89 Å². The summed E-state index contributed by atoms with van der Waals surface area (Å²) in [5.74, 6) is -0.113. The average Bonchev–Trinajstić information content (AvgIpc) is 3.02. The van der Waals surface area contributed by atoms with Crippen LogP contribution in [-0.2, 0) is 5.41 Å². The summed E-state index contributed by atoms with van der Waals surface area (Å²) in [5, 5.41) is 11.3. The molecule has 0 fully saturated rings. The van der Waals surface area contributed by atoms with E-state index in [4.69, 9.17) is 27.6 Å². The Morgan fingerprint density at radius 3 is 2.19 bits per heavy atom. The predicted molar refractivity (Wildman–Crippen MR) is 103 cm³/mol. The summed E-state index contributed by atoms with van der Waals surface area (Å²) in [4.78, 5) is 12.3. The van der Waals surface area contributed by atoms with E-state index in [1.165, 1.54) is 0 Å². The largest absolute Gasteiger partial charge is 0.403 e. The molecule has 1 amide bonds. The Labute approximate surface area is 161 Å². The fourth-order valence-electron chi connectivity index (χ4n) is 2.36. The first-order valence-corrected chi connectivity index (χ1v) is 8.70. The van der Waals surface area contributed by atoms with Crippen LogP contribution in [0.1, 0.15) is 36.7 Å². The topological polar surface area (TPSA) is 68.0 Å². The Bertz CT molecular complexity index is 924. The Kier molecular flexibility index (Phi) is 5.03. The lowest BCUT2D eigenvalue weighted by Gasteiger charge is -2.18. The smallest absolute Gasteiger partial charge is 0.322 e. The van der Waals surface area contributed by atoms with E-state index in [1.54, 1.807) is 30.3 Å². The third-order valence-electron chi connectivity index (χ3n) is 3.77. The zero-order valence-corrected chi connectivity index (χ0v) is 16.0. The van der Waals surface area contributed by atoms with Gasteiger partial charge in [-0.2, -0.15) is 0 Å². The van der Waals surface area contributed by atoms with Crippen LogP contribution in [0, 0.1) is 0 Å². The van der Waals surface area contributed by atoms with Gasteiger partial charge in [0.25, 0.3) is 5.91 Å². The number of halogens is 2. The molecule has 0 aliphatic carbocycles. The summed E-state index contributed by atoms with van der Waals surface area (Å²) >= 11 is 11.9. The second-order valence-electron chi connectivity index (χ2n) is 6.85. The zero-order chi connectivity index (χ0) is 18.9. The Morgan fingerprint density at radius 2 is 1.62 bits per heavy atom. The number of rotatable bonds is 3. The van der Waals surface area contributed by atoms with Gasteiger partial charge < -0.3 is 4.42 Å². The molecule has 0 unspecified atom stereocenters. The summed E-state index contributed by atoms with van der Waals surface area (Å²) in [5.41, 5.74) is 2.25. The summed E-state index contributed by atoms with van der Waals surface area (Å²) in [7, 11) is 0. The molecule has 0 saturated heterocycles. The molecule has 7 heteroatoms. The fraction of sp³-hybridized carbons (Fsp3) is 0.211. The Hall–Kier alpha value is -2.37. The molecular weight excluding hydrogens is 373 g/mol. The third kappa shape index (κ3) is 4.23. The third-order valence-corrected chi connectivity index (χ3v) is 4.20.